The maximum Gasteiger partial charge on any atom is 0.191 e. The molecule has 0 aliphatic heterocycles. The predicted molar refractivity (Wildman–Crippen MR) is 105 cm³/mol. The van der Waals surface area contributed by atoms with Crippen LogP contribution in [0.5, 0.6) is 5.75 Å². The molecule has 0 bridgehead atoms. The lowest BCUT2D eigenvalue weighted by Crippen LogP contribution is -2.38. The van der Waals surface area contributed by atoms with E-state index < -0.39 is 0 Å². The van der Waals surface area contributed by atoms with Crippen LogP contribution in [-0.2, 0) is 11.3 Å². The van der Waals surface area contributed by atoms with Crippen LogP contribution in [0.15, 0.2) is 46.8 Å². The van der Waals surface area contributed by atoms with Crippen molar-refractivity contribution in [2.75, 3.05) is 33.9 Å². The van der Waals surface area contributed by atoms with Crippen molar-refractivity contribution in [2.24, 2.45) is 4.99 Å². The Kier molecular flexibility index (Phi) is 8.28. The predicted octanol–water partition coefficient (Wildman–Crippen LogP) is 3.24. The van der Waals surface area contributed by atoms with E-state index in [4.69, 9.17) is 9.47 Å². The Morgan fingerprint density at radius 3 is 2.80 bits per heavy atom. The van der Waals surface area contributed by atoms with Gasteiger partial charge in [-0.05, 0) is 29.1 Å². The van der Waals surface area contributed by atoms with Gasteiger partial charge in [-0.1, -0.05) is 25.1 Å². The number of benzene rings is 1. The zero-order valence-electron chi connectivity index (χ0n) is 15.1. The summed E-state index contributed by atoms with van der Waals surface area (Å²) in [6, 6.07) is 12.3. The smallest absolute Gasteiger partial charge is 0.191 e. The molecule has 0 saturated carbocycles. The standard InChI is InChI=1S/C19H27N3O2S/c1-15(18-8-5-11-25-18)13-21-19(20-2)22-14-16-6-4-7-17(12-16)24-10-9-23-3/h4-8,11-12,15H,9-10,13-14H2,1-3H3,(H2,20,21,22). The maximum absolute atomic E-state index is 5.64. The van der Waals surface area contributed by atoms with Gasteiger partial charge in [-0.2, -0.15) is 0 Å². The summed E-state index contributed by atoms with van der Waals surface area (Å²) >= 11 is 1.79. The Bertz CT molecular complexity index is 644. The molecule has 1 aromatic heterocycles. The molecule has 0 aliphatic carbocycles. The first-order valence-corrected chi connectivity index (χ1v) is 9.29. The van der Waals surface area contributed by atoms with Crippen LogP contribution < -0.4 is 15.4 Å². The lowest BCUT2D eigenvalue weighted by Gasteiger charge is -2.15. The van der Waals surface area contributed by atoms with E-state index in [0.717, 1.165) is 23.8 Å². The van der Waals surface area contributed by atoms with Gasteiger partial charge in [-0.25, -0.2) is 0 Å². The largest absolute Gasteiger partial charge is 0.491 e. The number of guanidine groups is 1. The Balaban J connectivity index is 1.79. The first kappa shape index (κ1) is 19.3. The lowest BCUT2D eigenvalue weighted by molar-refractivity contribution is 0.146. The maximum atomic E-state index is 5.64. The number of nitrogens with one attached hydrogen (secondary N) is 2. The number of hydrogen-bond acceptors (Lipinski definition) is 4. The SMILES string of the molecule is CN=C(NCc1cccc(OCCOC)c1)NCC(C)c1cccs1. The number of aliphatic imine (C=N–C) groups is 1. The van der Waals surface area contributed by atoms with Gasteiger partial charge in [0.2, 0.25) is 0 Å². The molecule has 1 unspecified atom stereocenters. The summed E-state index contributed by atoms with van der Waals surface area (Å²) in [5, 5.41) is 8.84. The highest BCUT2D eigenvalue weighted by molar-refractivity contribution is 7.10. The van der Waals surface area contributed by atoms with E-state index in [2.05, 4.69) is 46.1 Å². The third-order valence-electron chi connectivity index (χ3n) is 3.74. The minimum absolute atomic E-state index is 0.455. The zero-order chi connectivity index (χ0) is 17.9. The second-order valence-corrected chi connectivity index (χ2v) is 6.69. The number of nitrogens with zero attached hydrogens (tertiary/aromatic N) is 1. The molecular weight excluding hydrogens is 334 g/mol. The highest BCUT2D eigenvalue weighted by Gasteiger charge is 2.07. The first-order chi connectivity index (χ1) is 12.2. The minimum Gasteiger partial charge on any atom is -0.491 e. The highest BCUT2D eigenvalue weighted by Crippen LogP contribution is 2.19. The van der Waals surface area contributed by atoms with Gasteiger partial charge >= 0.3 is 0 Å². The summed E-state index contributed by atoms with van der Waals surface area (Å²) in [5.41, 5.74) is 1.14. The van der Waals surface area contributed by atoms with E-state index in [1.165, 1.54) is 4.88 Å². The number of ether oxygens (including phenoxy) is 2. The Morgan fingerprint density at radius 2 is 2.08 bits per heavy atom. The molecule has 0 saturated heterocycles. The summed E-state index contributed by atoms with van der Waals surface area (Å²) in [5.74, 6) is 2.11. The molecule has 0 fully saturated rings. The lowest BCUT2D eigenvalue weighted by atomic mass is 10.1. The van der Waals surface area contributed by atoms with E-state index in [1.54, 1.807) is 25.5 Å². The van der Waals surface area contributed by atoms with E-state index in [1.807, 2.05) is 18.2 Å². The molecule has 2 rings (SSSR count). The Hall–Kier alpha value is -2.05. The molecule has 136 valence electrons. The summed E-state index contributed by atoms with van der Waals surface area (Å²) in [6.45, 7) is 4.89. The van der Waals surface area contributed by atoms with Crippen molar-refractivity contribution in [3.8, 4) is 5.75 Å². The molecule has 1 atom stereocenters. The highest BCUT2D eigenvalue weighted by atomic mass is 32.1. The normalized spacial score (nSPS) is 12.7. The second-order valence-electron chi connectivity index (χ2n) is 5.71. The second kappa shape index (κ2) is 10.7. The van der Waals surface area contributed by atoms with Gasteiger partial charge in [0, 0.05) is 38.0 Å². The van der Waals surface area contributed by atoms with Gasteiger partial charge in [0.05, 0.1) is 6.61 Å². The minimum atomic E-state index is 0.455. The van der Waals surface area contributed by atoms with Crippen molar-refractivity contribution >= 4 is 17.3 Å². The molecule has 2 aromatic rings. The third kappa shape index (κ3) is 6.76. The molecule has 0 amide bonds. The molecule has 0 aliphatic rings. The van der Waals surface area contributed by atoms with Crippen molar-refractivity contribution in [1.29, 1.82) is 0 Å². The summed E-state index contributed by atoms with van der Waals surface area (Å²) in [6.07, 6.45) is 0. The quantitative estimate of drug-likeness (QED) is 0.409. The number of hydrogen-bond donors (Lipinski definition) is 2. The van der Waals surface area contributed by atoms with Crippen LogP contribution >= 0.6 is 11.3 Å². The number of thiophene rings is 1. The molecule has 1 heterocycles. The van der Waals surface area contributed by atoms with E-state index in [0.29, 0.717) is 25.7 Å². The van der Waals surface area contributed by atoms with Gasteiger partial charge in [0.15, 0.2) is 5.96 Å². The molecule has 0 radical (unpaired) electrons. The van der Waals surface area contributed by atoms with Crippen LogP contribution in [0.25, 0.3) is 0 Å². The van der Waals surface area contributed by atoms with Crippen LogP contribution in [0.3, 0.4) is 0 Å². The van der Waals surface area contributed by atoms with Crippen molar-refractivity contribution in [3.05, 3.63) is 52.2 Å². The fourth-order valence-corrected chi connectivity index (χ4v) is 3.10. The molecule has 6 heteroatoms. The average molecular weight is 362 g/mol. The van der Waals surface area contributed by atoms with Gasteiger partial charge in [-0.3, -0.25) is 4.99 Å². The number of rotatable bonds is 9. The zero-order valence-corrected chi connectivity index (χ0v) is 15.9. The molecule has 0 spiro atoms. The van der Waals surface area contributed by atoms with E-state index in [-0.39, 0.29) is 0 Å². The van der Waals surface area contributed by atoms with Gasteiger partial charge < -0.3 is 20.1 Å². The van der Waals surface area contributed by atoms with Crippen molar-refractivity contribution in [2.45, 2.75) is 19.4 Å². The van der Waals surface area contributed by atoms with E-state index >= 15 is 0 Å². The molecule has 2 N–H and O–H groups in total. The fourth-order valence-electron chi connectivity index (χ4n) is 2.32. The van der Waals surface area contributed by atoms with Crippen molar-refractivity contribution in [3.63, 3.8) is 0 Å². The summed E-state index contributed by atoms with van der Waals surface area (Å²) in [4.78, 5) is 5.67. The fraction of sp³-hybridized carbons (Fsp3) is 0.421. The van der Waals surface area contributed by atoms with E-state index in [9.17, 15) is 0 Å². The van der Waals surface area contributed by atoms with Crippen LogP contribution in [0.1, 0.15) is 23.3 Å². The van der Waals surface area contributed by atoms with Crippen LogP contribution in [0.4, 0.5) is 0 Å². The van der Waals surface area contributed by atoms with Crippen molar-refractivity contribution in [1.82, 2.24) is 10.6 Å². The Labute approximate surface area is 154 Å². The topological polar surface area (TPSA) is 54.9 Å². The van der Waals surface area contributed by atoms with Crippen LogP contribution in [0.2, 0.25) is 0 Å². The Morgan fingerprint density at radius 1 is 1.20 bits per heavy atom. The monoisotopic (exact) mass is 361 g/mol. The first-order valence-electron chi connectivity index (χ1n) is 8.41. The van der Waals surface area contributed by atoms with Crippen LogP contribution in [0, 0.1) is 0 Å². The average Bonchev–Trinajstić information content (AvgIpc) is 3.17. The molecule has 1 aromatic carbocycles. The van der Waals surface area contributed by atoms with Crippen molar-refractivity contribution < 1.29 is 9.47 Å². The van der Waals surface area contributed by atoms with Gasteiger partial charge in [0.1, 0.15) is 12.4 Å². The molecule has 5 nitrogen and oxygen atoms in total. The summed E-state index contributed by atoms with van der Waals surface area (Å²) in [7, 11) is 3.46. The van der Waals surface area contributed by atoms with Crippen LogP contribution in [-0.4, -0.2) is 39.9 Å². The summed E-state index contributed by atoms with van der Waals surface area (Å²) < 4.78 is 10.6. The van der Waals surface area contributed by atoms with Gasteiger partial charge in [-0.15, -0.1) is 11.3 Å². The molecular formula is C19H27N3O2S. The number of methoxy groups -OCH3 is 1. The molecule has 25 heavy (non-hydrogen) atoms. The van der Waals surface area contributed by atoms with Gasteiger partial charge in [0.25, 0.3) is 0 Å². The third-order valence-corrected chi connectivity index (χ3v) is 4.85.